The molecule has 0 saturated heterocycles. The monoisotopic (exact) mass is 689 g/mol. The number of aliphatic carboxylic acids is 1. The van der Waals surface area contributed by atoms with Crippen molar-refractivity contribution in [3.05, 3.63) is 84.7 Å². The minimum absolute atomic E-state index is 0.126. The summed E-state index contributed by atoms with van der Waals surface area (Å²) in [5.74, 6) is -2.40. The highest BCUT2D eigenvalue weighted by molar-refractivity contribution is 6.37. The molecule has 5 aromatic rings. The smallest absolute Gasteiger partial charge is 0.353 e. The molecule has 0 spiro atoms. The Morgan fingerprint density at radius 1 is 0.804 bits per heavy atom. The number of nitrogens with one attached hydrogen (secondary N) is 5. The lowest BCUT2D eigenvalue weighted by molar-refractivity contribution is -0.146. The summed E-state index contributed by atoms with van der Waals surface area (Å²) < 4.78 is 5.41. The molecule has 0 aliphatic heterocycles. The van der Waals surface area contributed by atoms with Gasteiger partial charge in [0.1, 0.15) is 28.7 Å². The summed E-state index contributed by atoms with van der Waals surface area (Å²) in [5.41, 5.74) is 4.10. The third kappa shape index (κ3) is 8.82. The van der Waals surface area contributed by atoms with Crippen LogP contribution in [0.15, 0.2) is 73.1 Å². The van der Waals surface area contributed by atoms with Crippen molar-refractivity contribution >= 4 is 40.0 Å². The predicted molar refractivity (Wildman–Crippen MR) is 197 cm³/mol. The zero-order valence-corrected chi connectivity index (χ0v) is 29.4. The fourth-order valence-electron chi connectivity index (χ4n) is 5.90. The van der Waals surface area contributed by atoms with Gasteiger partial charge < -0.3 is 25.1 Å². The van der Waals surface area contributed by atoms with Crippen molar-refractivity contribution in [2.24, 2.45) is 0 Å². The van der Waals surface area contributed by atoms with E-state index >= 15 is 0 Å². The Kier molecular flexibility index (Phi) is 10.9. The van der Waals surface area contributed by atoms with Crippen LogP contribution < -0.4 is 5.32 Å². The summed E-state index contributed by atoms with van der Waals surface area (Å²) in [5, 5.41) is 30.8. The molecular formula is C39H43N7O5. The quantitative estimate of drug-likeness (QED) is 0.0401. The van der Waals surface area contributed by atoms with Gasteiger partial charge in [-0.1, -0.05) is 55.5 Å². The second-order valence-electron chi connectivity index (χ2n) is 13.5. The summed E-state index contributed by atoms with van der Waals surface area (Å²) >= 11 is 0. The topological polar surface area (TPSA) is 198 Å². The maximum Gasteiger partial charge on any atom is 0.353 e. The Morgan fingerprint density at radius 2 is 1.33 bits per heavy atom. The fourth-order valence-corrected chi connectivity index (χ4v) is 5.90. The van der Waals surface area contributed by atoms with Gasteiger partial charge in [0, 0.05) is 19.0 Å². The van der Waals surface area contributed by atoms with E-state index in [1.165, 1.54) is 6.92 Å². The van der Waals surface area contributed by atoms with E-state index < -0.39 is 35.1 Å². The summed E-state index contributed by atoms with van der Waals surface area (Å²) in [6, 6.07) is 20.4. The molecule has 0 radical (unpaired) electrons. The first kappa shape index (κ1) is 36.4. The highest BCUT2D eigenvalue weighted by Gasteiger charge is 2.29. The molecule has 264 valence electrons. The Morgan fingerprint density at radius 3 is 1.90 bits per heavy atom. The summed E-state index contributed by atoms with van der Waals surface area (Å²) in [6.45, 7) is 9.05. The molecule has 0 saturated carbocycles. The van der Waals surface area contributed by atoms with Gasteiger partial charge in [0.05, 0.1) is 35.6 Å². The first-order valence-corrected chi connectivity index (χ1v) is 16.9. The number of amides is 1. The Bertz CT molecular complexity index is 2090. The van der Waals surface area contributed by atoms with Crippen LogP contribution in [0.3, 0.4) is 0 Å². The molecule has 51 heavy (non-hydrogen) atoms. The predicted octanol–water partition coefficient (Wildman–Crippen LogP) is 7.25. The number of benzene rings is 3. The Hall–Kier alpha value is -5.91. The van der Waals surface area contributed by atoms with E-state index in [0.717, 1.165) is 38.7 Å². The number of aromatic nitrogens is 4. The average Bonchev–Trinajstić information content (AvgIpc) is 3.78. The highest BCUT2D eigenvalue weighted by atomic mass is 16.6. The van der Waals surface area contributed by atoms with Crippen molar-refractivity contribution in [3.63, 3.8) is 0 Å². The van der Waals surface area contributed by atoms with E-state index in [2.05, 4.69) is 55.6 Å². The molecule has 6 N–H and O–H groups in total. The van der Waals surface area contributed by atoms with Crippen LogP contribution in [0.5, 0.6) is 0 Å². The summed E-state index contributed by atoms with van der Waals surface area (Å²) in [6.07, 6.45) is 4.75. The highest BCUT2D eigenvalue weighted by Crippen LogP contribution is 2.31. The molecule has 2 atom stereocenters. The van der Waals surface area contributed by atoms with Gasteiger partial charge in [-0.05, 0) is 79.6 Å². The molecule has 5 rings (SSSR count). The van der Waals surface area contributed by atoms with Crippen molar-refractivity contribution < 1.29 is 24.2 Å². The van der Waals surface area contributed by atoms with E-state index in [4.69, 9.17) is 15.6 Å². The van der Waals surface area contributed by atoms with Gasteiger partial charge in [-0.25, -0.2) is 19.6 Å². The van der Waals surface area contributed by atoms with Gasteiger partial charge in [-0.2, -0.15) is 0 Å². The van der Waals surface area contributed by atoms with E-state index in [1.54, 1.807) is 33.2 Å². The number of imidazole rings is 2. The van der Waals surface area contributed by atoms with Crippen molar-refractivity contribution in [1.82, 2.24) is 25.3 Å². The number of aromatic amines is 2. The number of carbonyl (C=O) groups excluding carboxylic acids is 2. The normalized spacial score (nSPS) is 12.6. The molecule has 0 fully saturated rings. The fraction of sp³-hybridized carbons (Fsp3) is 0.308. The molecule has 2 aromatic heterocycles. The molecular weight excluding hydrogens is 646 g/mol. The molecule has 12 heteroatoms. The largest absolute Gasteiger partial charge is 0.477 e. The Balaban J connectivity index is 1.30. The van der Waals surface area contributed by atoms with E-state index in [9.17, 15) is 19.5 Å². The third-order valence-electron chi connectivity index (χ3n) is 8.53. The number of nitrogens with zero attached hydrogens (tertiary/aromatic N) is 2. The number of hydrogen-bond donors (Lipinski definition) is 6. The van der Waals surface area contributed by atoms with Crippen LogP contribution in [0.25, 0.3) is 44.4 Å². The van der Waals surface area contributed by atoms with Crippen LogP contribution in [-0.2, 0) is 19.1 Å². The van der Waals surface area contributed by atoms with Crippen LogP contribution in [0.4, 0.5) is 0 Å². The van der Waals surface area contributed by atoms with E-state index in [-0.39, 0.29) is 11.6 Å². The van der Waals surface area contributed by atoms with Gasteiger partial charge in [0.2, 0.25) is 5.91 Å². The number of fused-ring (bicyclic) bond motifs is 1. The van der Waals surface area contributed by atoms with Crippen LogP contribution in [-0.4, -0.2) is 66.5 Å². The number of carbonyl (C=O) groups is 3. The minimum Gasteiger partial charge on any atom is -0.477 e. The molecule has 0 aliphatic rings. The minimum atomic E-state index is -1.30. The number of carboxylic acids is 1. The standard InChI is InChI=1S/C39H43N7O5/c1-6-29(34(41)38(50)51-39(3,4)5)35-43-21-32(46-35)28-16-15-26-18-25(13-14-27(26)19-28)23-9-11-24(12-10-23)31-20-44-36(45-31)30(33(40)37(48)49)8-7-17-42-22(2)47/h9-16,18-21,29-30,40-41H,6-8,17H2,1-5H3,(H,42,47)(H,43,46)(H,44,45)(H,48,49). The van der Waals surface area contributed by atoms with Crippen molar-refractivity contribution in [3.8, 4) is 33.6 Å². The number of ether oxygens (including phenoxy) is 1. The van der Waals surface area contributed by atoms with Crippen molar-refractivity contribution in [2.75, 3.05) is 6.54 Å². The first-order valence-electron chi connectivity index (χ1n) is 16.9. The zero-order valence-electron chi connectivity index (χ0n) is 29.4. The van der Waals surface area contributed by atoms with Gasteiger partial charge in [-0.15, -0.1) is 0 Å². The molecule has 0 aliphatic carbocycles. The van der Waals surface area contributed by atoms with Gasteiger partial charge in [0.15, 0.2) is 0 Å². The van der Waals surface area contributed by atoms with Gasteiger partial charge >= 0.3 is 11.9 Å². The van der Waals surface area contributed by atoms with E-state index in [0.29, 0.717) is 43.1 Å². The molecule has 2 unspecified atom stereocenters. The molecule has 0 bridgehead atoms. The zero-order chi connectivity index (χ0) is 36.9. The average molecular weight is 690 g/mol. The summed E-state index contributed by atoms with van der Waals surface area (Å²) in [4.78, 5) is 50.8. The summed E-state index contributed by atoms with van der Waals surface area (Å²) in [7, 11) is 0. The van der Waals surface area contributed by atoms with Crippen molar-refractivity contribution in [2.45, 2.75) is 71.3 Å². The molecule has 3 aromatic carbocycles. The van der Waals surface area contributed by atoms with Gasteiger partial charge in [0.25, 0.3) is 0 Å². The first-order chi connectivity index (χ1) is 24.2. The number of rotatable bonds is 14. The second-order valence-corrected chi connectivity index (χ2v) is 13.5. The lowest BCUT2D eigenvalue weighted by Crippen LogP contribution is -2.31. The SMILES string of the molecule is CCC(C(=N)C(=O)OC(C)(C)C)c1ncc(-c2ccc3cc(-c4ccc(-c5cnc(C(CCCNC(C)=O)C(=N)C(=O)O)[nH]5)cc4)ccc3c2)[nH]1. The Labute approximate surface area is 296 Å². The second kappa shape index (κ2) is 15.3. The number of H-pyrrole nitrogens is 2. The lowest BCUT2D eigenvalue weighted by Gasteiger charge is -2.21. The maximum atomic E-state index is 12.6. The lowest BCUT2D eigenvalue weighted by atomic mass is 9.96. The number of hydrogen-bond acceptors (Lipinski definition) is 8. The maximum absolute atomic E-state index is 12.6. The van der Waals surface area contributed by atoms with Crippen LogP contribution >= 0.6 is 0 Å². The molecule has 12 nitrogen and oxygen atoms in total. The molecule has 2 heterocycles. The van der Waals surface area contributed by atoms with Gasteiger partial charge in [-0.3, -0.25) is 15.6 Å². The molecule has 1 amide bonds. The van der Waals surface area contributed by atoms with Crippen molar-refractivity contribution in [1.29, 1.82) is 10.8 Å². The number of esters is 1. The van der Waals surface area contributed by atoms with Crippen LogP contribution in [0, 0.1) is 10.8 Å². The van der Waals surface area contributed by atoms with Crippen LogP contribution in [0.1, 0.15) is 77.4 Å². The number of carboxylic acid groups (broad SMARTS) is 1. The third-order valence-corrected chi connectivity index (χ3v) is 8.53. The van der Waals surface area contributed by atoms with Crippen LogP contribution in [0.2, 0.25) is 0 Å². The van der Waals surface area contributed by atoms with E-state index in [1.807, 2.05) is 37.3 Å².